The van der Waals surface area contributed by atoms with Crippen molar-refractivity contribution in [3.63, 3.8) is 0 Å². The molecule has 0 aromatic carbocycles. The maximum absolute atomic E-state index is 14.1. The van der Waals surface area contributed by atoms with Crippen molar-refractivity contribution in [2.24, 2.45) is 0 Å². The summed E-state index contributed by atoms with van der Waals surface area (Å²) in [5, 5.41) is 0. The predicted molar refractivity (Wildman–Crippen MR) is 60.9 cm³/mol. The molecule has 0 aromatic heterocycles. The van der Waals surface area contributed by atoms with Crippen molar-refractivity contribution >= 4 is 5.97 Å². The quantitative estimate of drug-likeness (QED) is 0.322. The molecule has 0 aliphatic rings. The van der Waals surface area contributed by atoms with Gasteiger partial charge in [-0.1, -0.05) is 13.5 Å². The third-order valence-corrected chi connectivity index (χ3v) is 3.16. The fourth-order valence-electron chi connectivity index (χ4n) is 1.52. The Kier molecular flexibility index (Phi) is 6.11. The standard InChI is InChI=1S/C12H10F12O2/c1-4-7(13,12(23,24)26-6(25)5(2)3)8(14,15)9(16,17)10(18,19)11(20,21)22/h2,4H2,1,3H3. The SMILES string of the molecule is C=C(C)C(=O)OC(F)(F)C(F)(CC)C(F)(F)C(F)(F)C(F)(F)C(F)(F)F. The molecule has 0 aromatic rings. The molecule has 1 unspecified atom stereocenters. The Labute approximate surface area is 137 Å². The van der Waals surface area contributed by atoms with Crippen molar-refractivity contribution in [2.45, 2.75) is 56.0 Å². The summed E-state index contributed by atoms with van der Waals surface area (Å²) < 4.78 is 159. The van der Waals surface area contributed by atoms with Gasteiger partial charge in [-0.3, -0.25) is 0 Å². The maximum Gasteiger partial charge on any atom is 0.460 e. The van der Waals surface area contributed by atoms with Gasteiger partial charge in [0.2, 0.25) is 0 Å². The molecule has 0 fully saturated rings. The minimum Gasteiger partial charge on any atom is -0.395 e. The Morgan fingerprint density at radius 3 is 1.46 bits per heavy atom. The topological polar surface area (TPSA) is 26.3 Å². The van der Waals surface area contributed by atoms with E-state index in [1.165, 1.54) is 0 Å². The highest BCUT2D eigenvalue weighted by Crippen LogP contribution is 2.60. The first kappa shape index (κ1) is 24.4. The number of alkyl halides is 12. The first-order valence-electron chi connectivity index (χ1n) is 6.29. The molecule has 0 N–H and O–H groups in total. The average Bonchev–Trinajstić information content (AvgIpc) is 2.43. The van der Waals surface area contributed by atoms with E-state index in [9.17, 15) is 57.5 Å². The Morgan fingerprint density at radius 1 is 0.808 bits per heavy atom. The molecule has 0 saturated carbocycles. The molecule has 0 heterocycles. The third-order valence-electron chi connectivity index (χ3n) is 3.16. The summed E-state index contributed by atoms with van der Waals surface area (Å²) in [5.41, 5.74) is -7.08. The fourth-order valence-corrected chi connectivity index (χ4v) is 1.52. The number of ether oxygens (including phenoxy) is 1. The Bertz CT molecular complexity index is 565. The molecule has 0 aliphatic heterocycles. The van der Waals surface area contributed by atoms with E-state index in [1.54, 1.807) is 0 Å². The van der Waals surface area contributed by atoms with Gasteiger partial charge in [0.15, 0.2) is 0 Å². The highest BCUT2D eigenvalue weighted by atomic mass is 19.4. The minimum absolute atomic E-state index is 0.0121. The van der Waals surface area contributed by atoms with Crippen LogP contribution in [0, 0.1) is 0 Å². The second kappa shape index (κ2) is 6.51. The number of hydrogen-bond acceptors (Lipinski definition) is 2. The van der Waals surface area contributed by atoms with Crippen LogP contribution in [0.1, 0.15) is 20.3 Å². The predicted octanol–water partition coefficient (Wildman–Crippen LogP) is 5.29. The second-order valence-corrected chi connectivity index (χ2v) is 5.06. The molecule has 0 radical (unpaired) electrons. The lowest BCUT2D eigenvalue weighted by Crippen LogP contribution is -2.71. The lowest BCUT2D eigenvalue weighted by Gasteiger charge is -2.42. The number of carbonyl (C=O) groups is 1. The summed E-state index contributed by atoms with van der Waals surface area (Å²) in [7, 11) is 0. The summed E-state index contributed by atoms with van der Waals surface area (Å²) in [6.07, 6.45) is -16.0. The molecule has 0 rings (SSSR count). The Hall–Kier alpha value is -1.63. The van der Waals surface area contributed by atoms with E-state index in [4.69, 9.17) is 0 Å². The van der Waals surface area contributed by atoms with Crippen molar-refractivity contribution in [1.82, 2.24) is 0 Å². The van der Waals surface area contributed by atoms with E-state index in [-0.39, 0.29) is 6.92 Å². The van der Waals surface area contributed by atoms with Crippen LogP contribution < -0.4 is 0 Å². The lowest BCUT2D eigenvalue weighted by atomic mass is 9.85. The zero-order chi connectivity index (χ0) is 21.6. The van der Waals surface area contributed by atoms with Crippen molar-refractivity contribution in [1.29, 1.82) is 0 Å². The van der Waals surface area contributed by atoms with Crippen molar-refractivity contribution < 1.29 is 62.2 Å². The van der Waals surface area contributed by atoms with Crippen molar-refractivity contribution in [2.75, 3.05) is 0 Å². The van der Waals surface area contributed by atoms with E-state index in [0.29, 0.717) is 6.92 Å². The number of rotatable bonds is 7. The van der Waals surface area contributed by atoms with Gasteiger partial charge < -0.3 is 4.74 Å². The molecule has 0 saturated heterocycles. The lowest BCUT2D eigenvalue weighted by molar-refractivity contribution is -0.438. The smallest absolute Gasteiger partial charge is 0.395 e. The van der Waals surface area contributed by atoms with E-state index in [2.05, 4.69) is 11.3 Å². The molecule has 2 nitrogen and oxygen atoms in total. The maximum atomic E-state index is 14.1. The zero-order valence-corrected chi connectivity index (χ0v) is 12.8. The van der Waals surface area contributed by atoms with Gasteiger partial charge >= 0.3 is 36.0 Å². The first-order valence-corrected chi connectivity index (χ1v) is 6.29. The highest BCUT2D eigenvalue weighted by molar-refractivity contribution is 5.87. The molecule has 14 heteroatoms. The van der Waals surface area contributed by atoms with Crippen LogP contribution in [0.5, 0.6) is 0 Å². The van der Waals surface area contributed by atoms with Crippen LogP contribution in [0.15, 0.2) is 12.2 Å². The van der Waals surface area contributed by atoms with E-state index < -0.39 is 53.7 Å². The van der Waals surface area contributed by atoms with Gasteiger partial charge in [-0.15, -0.1) is 0 Å². The molecule has 0 amide bonds. The van der Waals surface area contributed by atoms with Crippen LogP contribution in [-0.2, 0) is 9.53 Å². The molecular formula is C12H10F12O2. The van der Waals surface area contributed by atoms with Gasteiger partial charge in [0.1, 0.15) is 0 Å². The normalized spacial score (nSPS) is 16.8. The Morgan fingerprint density at radius 2 is 1.19 bits per heavy atom. The molecule has 0 aliphatic carbocycles. The van der Waals surface area contributed by atoms with Gasteiger partial charge in [-0.25, -0.2) is 9.18 Å². The van der Waals surface area contributed by atoms with Gasteiger partial charge in [0.05, 0.1) is 0 Å². The van der Waals surface area contributed by atoms with E-state index >= 15 is 0 Å². The number of halogens is 12. The summed E-state index contributed by atoms with van der Waals surface area (Å²) in [4.78, 5) is 10.9. The van der Waals surface area contributed by atoms with Gasteiger partial charge in [-0.2, -0.15) is 48.3 Å². The summed E-state index contributed by atoms with van der Waals surface area (Å²) in [6, 6.07) is 0. The molecule has 154 valence electrons. The zero-order valence-electron chi connectivity index (χ0n) is 12.8. The number of carbonyl (C=O) groups excluding carboxylic acids is 1. The minimum atomic E-state index is -7.66. The van der Waals surface area contributed by atoms with E-state index in [1.807, 2.05) is 0 Å². The summed E-state index contributed by atoms with van der Waals surface area (Å²) in [6.45, 7) is 3.35. The monoisotopic (exact) mass is 414 g/mol. The second-order valence-electron chi connectivity index (χ2n) is 5.06. The Balaban J connectivity index is 6.42. The fraction of sp³-hybridized carbons (Fsp3) is 0.750. The first-order chi connectivity index (χ1) is 11.1. The van der Waals surface area contributed by atoms with Crippen molar-refractivity contribution in [3.8, 4) is 0 Å². The average molecular weight is 414 g/mol. The summed E-state index contributed by atoms with van der Waals surface area (Å²) >= 11 is 0. The molecule has 0 bridgehead atoms. The van der Waals surface area contributed by atoms with Crippen LogP contribution in [-0.4, -0.2) is 41.7 Å². The van der Waals surface area contributed by atoms with Crippen molar-refractivity contribution in [3.05, 3.63) is 12.2 Å². The molecular weight excluding hydrogens is 404 g/mol. The number of hydrogen-bond donors (Lipinski definition) is 0. The van der Waals surface area contributed by atoms with E-state index in [0.717, 1.165) is 0 Å². The van der Waals surface area contributed by atoms with Crippen LogP contribution >= 0.6 is 0 Å². The largest absolute Gasteiger partial charge is 0.460 e. The van der Waals surface area contributed by atoms with Crippen LogP contribution in [0.2, 0.25) is 0 Å². The third kappa shape index (κ3) is 3.33. The van der Waals surface area contributed by atoms with Crippen LogP contribution in [0.4, 0.5) is 52.7 Å². The van der Waals surface area contributed by atoms with Gasteiger partial charge in [-0.05, 0) is 13.3 Å². The van der Waals surface area contributed by atoms with Crippen LogP contribution in [0.3, 0.4) is 0 Å². The molecule has 0 spiro atoms. The van der Waals surface area contributed by atoms with Gasteiger partial charge in [0, 0.05) is 5.57 Å². The molecule has 26 heavy (non-hydrogen) atoms. The van der Waals surface area contributed by atoms with Gasteiger partial charge in [0.25, 0.3) is 5.67 Å². The molecule has 1 atom stereocenters. The summed E-state index contributed by atoms with van der Waals surface area (Å²) in [5.74, 6) is -24.9. The van der Waals surface area contributed by atoms with Crippen LogP contribution in [0.25, 0.3) is 0 Å². The highest BCUT2D eigenvalue weighted by Gasteiger charge is 2.90. The number of esters is 1.